The fourth-order valence-electron chi connectivity index (χ4n) is 2.58. The van der Waals surface area contributed by atoms with E-state index in [1.165, 1.54) is 34.8 Å². The summed E-state index contributed by atoms with van der Waals surface area (Å²) in [5.74, 6) is 1.19. The first kappa shape index (κ1) is 15.9. The topological polar surface area (TPSA) is 34.1 Å². The SMILES string of the molecule is CCCNCc1sc(C2CCCOC2)nc1CC(C)C. The van der Waals surface area contributed by atoms with Crippen molar-refractivity contribution in [1.82, 2.24) is 10.3 Å². The molecular weight excluding hydrogens is 268 g/mol. The Morgan fingerprint density at radius 1 is 1.45 bits per heavy atom. The summed E-state index contributed by atoms with van der Waals surface area (Å²) in [6.45, 7) is 10.6. The van der Waals surface area contributed by atoms with E-state index in [2.05, 4.69) is 26.1 Å². The minimum atomic E-state index is 0.527. The molecule has 1 saturated heterocycles. The average molecular weight is 296 g/mol. The molecule has 0 radical (unpaired) electrons. The molecule has 1 atom stereocenters. The highest BCUT2D eigenvalue weighted by atomic mass is 32.1. The second-order valence-electron chi connectivity index (χ2n) is 6.11. The third-order valence-electron chi connectivity index (χ3n) is 3.62. The van der Waals surface area contributed by atoms with Crippen LogP contribution >= 0.6 is 11.3 Å². The van der Waals surface area contributed by atoms with Crippen LogP contribution < -0.4 is 5.32 Å². The fourth-order valence-corrected chi connectivity index (χ4v) is 3.76. The van der Waals surface area contributed by atoms with E-state index >= 15 is 0 Å². The van der Waals surface area contributed by atoms with Crippen molar-refractivity contribution in [2.45, 2.75) is 58.9 Å². The number of ether oxygens (including phenoxy) is 1. The van der Waals surface area contributed by atoms with Crippen molar-refractivity contribution in [1.29, 1.82) is 0 Å². The van der Waals surface area contributed by atoms with E-state index < -0.39 is 0 Å². The van der Waals surface area contributed by atoms with Crippen molar-refractivity contribution >= 4 is 11.3 Å². The van der Waals surface area contributed by atoms with Crippen LogP contribution in [0.4, 0.5) is 0 Å². The average Bonchev–Trinajstić information content (AvgIpc) is 2.83. The maximum absolute atomic E-state index is 5.62. The Balaban J connectivity index is 2.08. The van der Waals surface area contributed by atoms with Crippen LogP contribution in [0.25, 0.3) is 0 Å². The zero-order valence-electron chi connectivity index (χ0n) is 13.1. The second-order valence-corrected chi connectivity index (χ2v) is 7.23. The van der Waals surface area contributed by atoms with Gasteiger partial charge in [0, 0.05) is 23.9 Å². The summed E-state index contributed by atoms with van der Waals surface area (Å²) in [7, 11) is 0. The molecule has 1 N–H and O–H groups in total. The van der Waals surface area contributed by atoms with Crippen molar-refractivity contribution in [3.63, 3.8) is 0 Å². The van der Waals surface area contributed by atoms with Crippen LogP contribution in [0.15, 0.2) is 0 Å². The Morgan fingerprint density at radius 3 is 2.95 bits per heavy atom. The van der Waals surface area contributed by atoms with Crippen molar-refractivity contribution in [3.05, 3.63) is 15.6 Å². The van der Waals surface area contributed by atoms with E-state index in [0.29, 0.717) is 11.8 Å². The molecular formula is C16H28N2OS. The largest absolute Gasteiger partial charge is 0.381 e. The first-order chi connectivity index (χ1) is 9.70. The first-order valence-corrected chi connectivity index (χ1v) is 8.79. The van der Waals surface area contributed by atoms with Crippen molar-refractivity contribution in [3.8, 4) is 0 Å². The van der Waals surface area contributed by atoms with Gasteiger partial charge in [-0.15, -0.1) is 11.3 Å². The molecule has 0 aromatic carbocycles. The van der Waals surface area contributed by atoms with Gasteiger partial charge in [-0.3, -0.25) is 0 Å². The van der Waals surface area contributed by atoms with Gasteiger partial charge in [0.2, 0.25) is 0 Å². The van der Waals surface area contributed by atoms with Crippen LogP contribution in [0.2, 0.25) is 0 Å². The maximum atomic E-state index is 5.62. The van der Waals surface area contributed by atoms with Gasteiger partial charge in [0.15, 0.2) is 0 Å². The van der Waals surface area contributed by atoms with Crippen LogP contribution in [-0.2, 0) is 17.7 Å². The summed E-state index contributed by atoms with van der Waals surface area (Å²) in [5.41, 5.74) is 1.31. The predicted octanol–water partition coefficient (Wildman–Crippen LogP) is 3.74. The molecule has 0 amide bonds. The monoisotopic (exact) mass is 296 g/mol. The molecule has 1 aromatic rings. The van der Waals surface area contributed by atoms with Gasteiger partial charge in [-0.05, 0) is 38.1 Å². The normalized spacial score (nSPS) is 19.7. The molecule has 0 aliphatic carbocycles. The third-order valence-corrected chi connectivity index (χ3v) is 4.88. The van der Waals surface area contributed by atoms with E-state index in [0.717, 1.165) is 32.7 Å². The second kappa shape index (κ2) is 8.11. The number of nitrogens with zero attached hydrogens (tertiary/aromatic N) is 1. The molecule has 2 rings (SSSR count). The summed E-state index contributed by atoms with van der Waals surface area (Å²) in [6, 6.07) is 0. The van der Waals surface area contributed by atoms with E-state index in [4.69, 9.17) is 9.72 Å². The van der Waals surface area contributed by atoms with Crippen LogP contribution in [0, 0.1) is 5.92 Å². The smallest absolute Gasteiger partial charge is 0.0985 e. The Bertz CT molecular complexity index is 397. The highest BCUT2D eigenvalue weighted by molar-refractivity contribution is 7.11. The van der Waals surface area contributed by atoms with Gasteiger partial charge < -0.3 is 10.1 Å². The third kappa shape index (κ3) is 4.54. The predicted molar refractivity (Wildman–Crippen MR) is 85.4 cm³/mol. The van der Waals surface area contributed by atoms with Gasteiger partial charge in [-0.1, -0.05) is 20.8 Å². The Morgan fingerprint density at radius 2 is 2.30 bits per heavy atom. The molecule has 20 heavy (non-hydrogen) atoms. The molecule has 4 heteroatoms. The van der Waals surface area contributed by atoms with Gasteiger partial charge in [0.05, 0.1) is 17.3 Å². The number of thiazole rings is 1. The molecule has 1 fully saturated rings. The molecule has 0 spiro atoms. The summed E-state index contributed by atoms with van der Waals surface area (Å²) < 4.78 is 5.62. The van der Waals surface area contributed by atoms with Gasteiger partial charge in [-0.2, -0.15) is 0 Å². The zero-order chi connectivity index (χ0) is 14.4. The van der Waals surface area contributed by atoms with Gasteiger partial charge in [0.1, 0.15) is 0 Å². The highest BCUT2D eigenvalue weighted by Crippen LogP contribution is 2.31. The molecule has 1 aliphatic heterocycles. The lowest BCUT2D eigenvalue weighted by Gasteiger charge is -2.19. The van der Waals surface area contributed by atoms with Crippen molar-refractivity contribution in [2.75, 3.05) is 19.8 Å². The molecule has 1 aliphatic rings. The number of nitrogens with one attached hydrogen (secondary N) is 1. The number of hydrogen-bond donors (Lipinski definition) is 1. The van der Waals surface area contributed by atoms with Crippen molar-refractivity contribution in [2.24, 2.45) is 5.92 Å². The van der Waals surface area contributed by atoms with Crippen LogP contribution in [0.1, 0.15) is 61.5 Å². The van der Waals surface area contributed by atoms with Crippen LogP contribution in [-0.4, -0.2) is 24.7 Å². The Labute approximate surface area is 127 Å². The van der Waals surface area contributed by atoms with E-state index in [-0.39, 0.29) is 0 Å². The summed E-state index contributed by atoms with van der Waals surface area (Å²) in [6.07, 6.45) is 4.68. The van der Waals surface area contributed by atoms with Gasteiger partial charge in [0.25, 0.3) is 0 Å². The molecule has 114 valence electrons. The zero-order valence-corrected chi connectivity index (χ0v) is 13.9. The minimum absolute atomic E-state index is 0.527. The standard InChI is InChI=1S/C16H28N2OS/c1-4-7-17-10-15-14(9-12(2)3)18-16(20-15)13-6-5-8-19-11-13/h12-13,17H,4-11H2,1-3H3. The van der Waals surface area contributed by atoms with E-state index in [1.54, 1.807) is 0 Å². The lowest BCUT2D eigenvalue weighted by molar-refractivity contribution is 0.0803. The maximum Gasteiger partial charge on any atom is 0.0985 e. The Hall–Kier alpha value is -0.450. The number of aromatic nitrogens is 1. The lowest BCUT2D eigenvalue weighted by atomic mass is 10.0. The quantitative estimate of drug-likeness (QED) is 0.778. The summed E-state index contributed by atoms with van der Waals surface area (Å²) in [4.78, 5) is 6.39. The number of rotatable bonds is 7. The van der Waals surface area contributed by atoms with Crippen LogP contribution in [0.5, 0.6) is 0 Å². The van der Waals surface area contributed by atoms with Crippen molar-refractivity contribution < 1.29 is 4.74 Å². The molecule has 3 nitrogen and oxygen atoms in total. The fraction of sp³-hybridized carbons (Fsp3) is 0.812. The minimum Gasteiger partial charge on any atom is -0.381 e. The molecule has 2 heterocycles. The van der Waals surface area contributed by atoms with Gasteiger partial charge in [-0.25, -0.2) is 4.98 Å². The molecule has 1 aromatic heterocycles. The summed E-state index contributed by atoms with van der Waals surface area (Å²) >= 11 is 1.90. The summed E-state index contributed by atoms with van der Waals surface area (Å²) in [5, 5.41) is 4.82. The van der Waals surface area contributed by atoms with Crippen LogP contribution in [0.3, 0.4) is 0 Å². The molecule has 0 bridgehead atoms. The lowest BCUT2D eigenvalue weighted by Crippen LogP contribution is -2.15. The highest BCUT2D eigenvalue weighted by Gasteiger charge is 2.22. The number of hydrogen-bond acceptors (Lipinski definition) is 4. The first-order valence-electron chi connectivity index (χ1n) is 7.97. The van der Waals surface area contributed by atoms with E-state index in [1.807, 2.05) is 11.3 Å². The van der Waals surface area contributed by atoms with Gasteiger partial charge >= 0.3 is 0 Å². The Kier molecular flexibility index (Phi) is 6.46. The van der Waals surface area contributed by atoms with E-state index in [9.17, 15) is 0 Å². The molecule has 1 unspecified atom stereocenters. The molecule has 0 saturated carbocycles.